The van der Waals surface area contributed by atoms with Gasteiger partial charge in [0.15, 0.2) is 0 Å². The lowest BCUT2D eigenvalue weighted by Crippen LogP contribution is -2.43. The van der Waals surface area contributed by atoms with Gasteiger partial charge in [0.25, 0.3) is 0 Å². The molecule has 5 heteroatoms. The minimum atomic E-state index is -1.81. The molecule has 1 unspecified atom stereocenters. The average Bonchev–Trinajstić information content (AvgIpc) is 2.91. The van der Waals surface area contributed by atoms with E-state index in [1.165, 1.54) is 6.33 Å². The van der Waals surface area contributed by atoms with Gasteiger partial charge >= 0.3 is 0 Å². The van der Waals surface area contributed by atoms with Gasteiger partial charge in [-0.2, -0.15) is 5.10 Å². The summed E-state index contributed by atoms with van der Waals surface area (Å²) in [5, 5.41) is 16.5. The van der Waals surface area contributed by atoms with Gasteiger partial charge in [-0.25, -0.2) is 9.67 Å². The molecule has 21 heavy (non-hydrogen) atoms. The minimum Gasteiger partial charge on any atom is -0.379 e. The van der Waals surface area contributed by atoms with E-state index in [1.54, 1.807) is 11.0 Å². The maximum Gasteiger partial charge on any atom is 0.137 e. The highest BCUT2D eigenvalue weighted by atomic mass is 28.3. The molecule has 2 aromatic rings. The van der Waals surface area contributed by atoms with Crippen molar-refractivity contribution in [2.24, 2.45) is 0 Å². The van der Waals surface area contributed by atoms with E-state index in [0.29, 0.717) is 6.54 Å². The predicted molar refractivity (Wildman–Crippen MR) is 86.4 cm³/mol. The topological polar surface area (TPSA) is 50.9 Å². The van der Waals surface area contributed by atoms with E-state index in [-0.39, 0.29) is 0 Å². The third-order valence-electron chi connectivity index (χ3n) is 3.45. The van der Waals surface area contributed by atoms with Crippen LogP contribution in [0, 0.1) is 0 Å². The fourth-order valence-corrected chi connectivity index (χ4v) is 4.60. The normalized spacial score (nSPS) is 14.3. The van der Waals surface area contributed by atoms with Crippen LogP contribution in [0.1, 0.15) is 5.56 Å². The van der Waals surface area contributed by atoms with Gasteiger partial charge < -0.3 is 5.11 Å². The van der Waals surface area contributed by atoms with Crippen molar-refractivity contribution in [1.29, 1.82) is 0 Å². The van der Waals surface area contributed by atoms with E-state index in [1.807, 2.05) is 30.3 Å². The van der Waals surface area contributed by atoms with Crippen molar-refractivity contribution in [2.45, 2.75) is 31.8 Å². The molecule has 0 aliphatic carbocycles. The molecule has 110 valence electrons. The van der Waals surface area contributed by atoms with Gasteiger partial charge in [0, 0.05) is 0 Å². The van der Waals surface area contributed by atoms with Gasteiger partial charge in [-0.15, -0.1) is 5.73 Å². The van der Waals surface area contributed by atoms with Crippen molar-refractivity contribution in [3.8, 4) is 0 Å². The van der Waals surface area contributed by atoms with Gasteiger partial charge in [0.05, 0.1) is 14.6 Å². The highest BCUT2D eigenvalue weighted by Crippen LogP contribution is 2.36. The van der Waals surface area contributed by atoms with Crippen molar-refractivity contribution in [3.63, 3.8) is 0 Å². The lowest BCUT2D eigenvalue weighted by Gasteiger charge is -2.36. The summed E-state index contributed by atoms with van der Waals surface area (Å²) in [7, 11) is -1.81. The number of nitrogens with zero attached hydrogens (tertiary/aromatic N) is 3. The lowest BCUT2D eigenvalue weighted by molar-refractivity contribution is 0.0594. The van der Waals surface area contributed by atoms with Crippen molar-refractivity contribution in [1.82, 2.24) is 14.8 Å². The number of aliphatic hydroxyl groups is 1. The van der Waals surface area contributed by atoms with Crippen LogP contribution in [0.5, 0.6) is 0 Å². The summed E-state index contributed by atoms with van der Waals surface area (Å²) in [5.74, 6) is 0. The summed E-state index contributed by atoms with van der Waals surface area (Å²) in [5.41, 5.74) is 2.67. The van der Waals surface area contributed by atoms with Crippen LogP contribution in [0.3, 0.4) is 0 Å². The molecule has 1 aromatic carbocycles. The number of aromatic nitrogens is 3. The van der Waals surface area contributed by atoms with Crippen molar-refractivity contribution >= 4 is 8.07 Å². The largest absolute Gasteiger partial charge is 0.379 e. The van der Waals surface area contributed by atoms with E-state index in [0.717, 1.165) is 10.8 Å². The van der Waals surface area contributed by atoms with E-state index >= 15 is 0 Å². The molecule has 0 radical (unpaired) electrons. The first-order valence-electron chi connectivity index (χ1n) is 6.89. The Morgan fingerprint density at radius 1 is 1.33 bits per heavy atom. The molecule has 0 saturated heterocycles. The Balaban J connectivity index is 2.56. The van der Waals surface area contributed by atoms with Crippen LogP contribution < -0.4 is 0 Å². The smallest absolute Gasteiger partial charge is 0.137 e. The van der Waals surface area contributed by atoms with Gasteiger partial charge in [-0.05, 0) is 10.8 Å². The molecule has 4 nitrogen and oxygen atoms in total. The van der Waals surface area contributed by atoms with Crippen molar-refractivity contribution in [3.05, 3.63) is 66.1 Å². The highest BCUT2D eigenvalue weighted by Gasteiger charge is 2.41. The molecule has 0 aliphatic rings. The van der Waals surface area contributed by atoms with Gasteiger partial charge in [0.1, 0.15) is 18.3 Å². The third-order valence-corrected chi connectivity index (χ3v) is 5.54. The summed E-state index contributed by atoms with van der Waals surface area (Å²) in [6.07, 6.45) is 3.08. The summed E-state index contributed by atoms with van der Waals surface area (Å²) in [4.78, 5) is 3.95. The monoisotopic (exact) mass is 299 g/mol. The summed E-state index contributed by atoms with van der Waals surface area (Å²) >= 11 is 0. The Labute approximate surface area is 126 Å². The van der Waals surface area contributed by atoms with Gasteiger partial charge in [-0.1, -0.05) is 56.6 Å². The summed E-state index contributed by atoms with van der Waals surface area (Å²) in [6.45, 7) is 10.6. The fourth-order valence-electron chi connectivity index (χ4n) is 2.61. The minimum absolute atomic E-state index is 0.305. The zero-order valence-corrected chi connectivity index (χ0v) is 13.7. The Kier molecular flexibility index (Phi) is 4.28. The molecule has 1 N–H and O–H groups in total. The molecular weight excluding hydrogens is 278 g/mol. The maximum absolute atomic E-state index is 11.5. The first-order valence-corrected chi connectivity index (χ1v) is 10.4. The molecule has 1 atom stereocenters. The van der Waals surface area contributed by atoms with Crippen LogP contribution in [-0.2, 0) is 12.1 Å². The molecule has 0 amide bonds. The van der Waals surface area contributed by atoms with Crippen LogP contribution in [0.4, 0.5) is 0 Å². The lowest BCUT2D eigenvalue weighted by atomic mass is 9.93. The molecule has 0 saturated carbocycles. The zero-order valence-electron chi connectivity index (χ0n) is 12.7. The Hall–Kier alpha value is -1.94. The van der Waals surface area contributed by atoms with Crippen LogP contribution >= 0.6 is 0 Å². The van der Waals surface area contributed by atoms with Crippen LogP contribution in [0.2, 0.25) is 19.6 Å². The van der Waals surface area contributed by atoms with E-state index < -0.39 is 13.7 Å². The summed E-state index contributed by atoms with van der Waals surface area (Å²) in [6, 6.07) is 9.63. The molecule has 0 spiro atoms. The number of hydrogen-bond acceptors (Lipinski definition) is 3. The van der Waals surface area contributed by atoms with E-state index in [2.05, 4.69) is 42.0 Å². The Morgan fingerprint density at radius 3 is 2.48 bits per heavy atom. The SMILES string of the molecule is C=C=C(C(O)(Cn1cncn1)c1ccccc1)[Si](C)(C)C. The molecular formula is C16H21N3OSi. The quantitative estimate of drug-likeness (QED) is 0.682. The average molecular weight is 299 g/mol. The molecule has 0 fully saturated rings. The van der Waals surface area contributed by atoms with Crippen molar-refractivity contribution < 1.29 is 5.11 Å². The zero-order chi connectivity index (χ0) is 15.5. The number of rotatable bonds is 5. The molecule has 0 bridgehead atoms. The second-order valence-electron chi connectivity index (χ2n) is 6.12. The Bertz CT molecular complexity index is 640. The molecule has 0 aliphatic heterocycles. The second kappa shape index (κ2) is 5.82. The number of benzene rings is 1. The molecule has 1 aromatic heterocycles. The van der Waals surface area contributed by atoms with Crippen LogP contribution in [-0.4, -0.2) is 27.9 Å². The summed E-state index contributed by atoms with van der Waals surface area (Å²) < 4.78 is 1.64. The highest BCUT2D eigenvalue weighted by molar-refractivity contribution is 6.83. The first-order chi connectivity index (χ1) is 9.88. The standard InChI is InChI=1S/C16H21N3OSi/c1-5-15(21(2,3)4)16(20,11-19-13-17-12-18-19)14-9-7-6-8-10-14/h6-10,12-13,20H,1,11H2,2-4H3. The fraction of sp³-hybridized carbons (Fsp3) is 0.312. The van der Waals surface area contributed by atoms with Crippen LogP contribution in [0.25, 0.3) is 0 Å². The van der Waals surface area contributed by atoms with E-state index in [4.69, 9.17) is 0 Å². The van der Waals surface area contributed by atoms with Crippen LogP contribution in [0.15, 0.2) is 60.5 Å². The van der Waals surface area contributed by atoms with Gasteiger partial charge in [0.2, 0.25) is 0 Å². The first kappa shape index (κ1) is 15.4. The molecule has 2 rings (SSSR count). The second-order valence-corrected chi connectivity index (χ2v) is 11.1. The predicted octanol–water partition coefficient (Wildman–Crippen LogP) is 2.75. The Morgan fingerprint density at radius 2 is 2.00 bits per heavy atom. The van der Waals surface area contributed by atoms with E-state index in [9.17, 15) is 5.11 Å². The van der Waals surface area contributed by atoms with Crippen molar-refractivity contribution in [2.75, 3.05) is 0 Å². The molecule has 1 heterocycles. The number of hydrogen-bond donors (Lipinski definition) is 1. The maximum atomic E-state index is 11.5. The third kappa shape index (κ3) is 3.21. The van der Waals surface area contributed by atoms with Gasteiger partial charge in [-0.3, -0.25) is 0 Å².